The summed E-state index contributed by atoms with van der Waals surface area (Å²) in [5.74, 6) is -0.0368. The van der Waals surface area contributed by atoms with E-state index in [2.05, 4.69) is 18.4 Å². The van der Waals surface area contributed by atoms with Crippen LogP contribution in [0.3, 0.4) is 0 Å². The minimum Gasteiger partial charge on any atom is -0.490 e. The van der Waals surface area contributed by atoms with Gasteiger partial charge in [0.1, 0.15) is 5.65 Å². The third-order valence-electron chi connectivity index (χ3n) is 8.31. The lowest BCUT2D eigenvalue weighted by Gasteiger charge is -2.30. The zero-order valence-electron chi connectivity index (χ0n) is 25.0. The van der Waals surface area contributed by atoms with Crippen molar-refractivity contribution in [1.82, 2.24) is 9.55 Å². The quantitative estimate of drug-likeness (QED) is 0.313. The maximum atomic E-state index is 15.7. The molecule has 0 N–H and O–H groups in total. The molecule has 1 atom stereocenters. The van der Waals surface area contributed by atoms with Gasteiger partial charge in [-0.3, -0.25) is 0 Å². The van der Waals surface area contributed by atoms with Crippen molar-refractivity contribution in [2.75, 3.05) is 26.9 Å². The maximum absolute atomic E-state index is 15.7. The van der Waals surface area contributed by atoms with Gasteiger partial charge in [0.15, 0.2) is 17.7 Å². The van der Waals surface area contributed by atoms with Gasteiger partial charge in [0.2, 0.25) is 0 Å². The molecule has 0 bridgehead atoms. The van der Waals surface area contributed by atoms with Crippen LogP contribution in [0.1, 0.15) is 73.4 Å². The first-order valence-corrected chi connectivity index (χ1v) is 14.2. The Balaban J connectivity index is 1.85. The molecule has 40 heavy (non-hydrogen) atoms. The predicted octanol–water partition coefficient (Wildman–Crippen LogP) is 6.47. The van der Waals surface area contributed by atoms with Crippen molar-refractivity contribution in [3.05, 3.63) is 45.5 Å². The van der Waals surface area contributed by atoms with E-state index in [-0.39, 0.29) is 0 Å². The van der Waals surface area contributed by atoms with Gasteiger partial charge >= 0.3 is 5.97 Å². The van der Waals surface area contributed by atoms with Crippen LogP contribution in [0.25, 0.3) is 22.2 Å². The number of fused-ring (bicyclic) bond motifs is 2. The number of aromatic nitrogens is 2. The number of esters is 1. The number of halogens is 1. The van der Waals surface area contributed by atoms with E-state index in [0.717, 1.165) is 83.6 Å². The van der Waals surface area contributed by atoms with Gasteiger partial charge in [0, 0.05) is 45.9 Å². The number of aryl methyl sites for hydroxylation is 3. The van der Waals surface area contributed by atoms with Crippen LogP contribution >= 0.6 is 0 Å². The fraction of sp³-hybridized carbons (Fsp3) is 0.562. The lowest BCUT2D eigenvalue weighted by atomic mass is 9.86. The zero-order valence-corrected chi connectivity index (χ0v) is 25.0. The lowest BCUT2D eigenvalue weighted by Crippen LogP contribution is -2.29. The van der Waals surface area contributed by atoms with Crippen molar-refractivity contribution in [3.63, 3.8) is 0 Å². The molecule has 7 nitrogen and oxygen atoms in total. The molecule has 0 aliphatic carbocycles. The first-order chi connectivity index (χ1) is 18.9. The van der Waals surface area contributed by atoms with Crippen LogP contribution in [0.2, 0.25) is 0 Å². The normalized spacial score (nSPS) is 16.4. The highest BCUT2D eigenvalue weighted by molar-refractivity contribution is 6.01. The summed E-state index contributed by atoms with van der Waals surface area (Å²) < 4.78 is 40.7. The van der Waals surface area contributed by atoms with Gasteiger partial charge < -0.3 is 23.5 Å². The van der Waals surface area contributed by atoms with Crippen molar-refractivity contribution in [2.45, 2.75) is 86.0 Å². The summed E-state index contributed by atoms with van der Waals surface area (Å²) in [6.07, 6.45) is 1.51. The summed E-state index contributed by atoms with van der Waals surface area (Å²) in [4.78, 5) is 18.4. The molecule has 1 fully saturated rings. The molecule has 0 amide bonds. The van der Waals surface area contributed by atoms with Crippen LogP contribution in [0.15, 0.2) is 6.07 Å². The lowest BCUT2D eigenvalue weighted by molar-refractivity contribution is -0.164. The topological polar surface area (TPSA) is 71.8 Å². The molecule has 2 aliphatic heterocycles. The molecule has 1 aromatic carbocycles. The second-order valence-corrected chi connectivity index (χ2v) is 12.2. The van der Waals surface area contributed by atoms with Gasteiger partial charge in [-0.25, -0.2) is 14.2 Å². The van der Waals surface area contributed by atoms with E-state index in [9.17, 15) is 4.79 Å². The Bertz CT molecular complexity index is 1470. The standard InChI is InChI=1S/C32H41FN2O5/c1-17-20(4)35(12-11-21-15-38-16-21)30-25(17)27(23-14-24(33)28-22(18(23)2)10-9-13-39-28)26(19(3)34-30)29(31(36)37-8)40-32(5,6)7/h14,21,29H,9-13,15-16H2,1-8H3/t29-/m0/s1. The highest BCUT2D eigenvalue weighted by atomic mass is 19.1. The summed E-state index contributed by atoms with van der Waals surface area (Å²) in [7, 11) is 1.36. The third-order valence-corrected chi connectivity index (χ3v) is 8.31. The molecule has 1 saturated heterocycles. The van der Waals surface area contributed by atoms with Crippen LogP contribution in [-0.4, -0.2) is 48.1 Å². The second kappa shape index (κ2) is 10.8. The number of pyridine rings is 1. The van der Waals surface area contributed by atoms with E-state index < -0.39 is 23.5 Å². The number of ether oxygens (including phenoxy) is 4. The molecular formula is C32H41FN2O5. The number of hydrogen-bond acceptors (Lipinski definition) is 6. The van der Waals surface area contributed by atoms with Crippen molar-refractivity contribution >= 4 is 17.0 Å². The highest BCUT2D eigenvalue weighted by Gasteiger charge is 2.36. The maximum Gasteiger partial charge on any atom is 0.339 e. The predicted molar refractivity (Wildman–Crippen MR) is 152 cm³/mol. The van der Waals surface area contributed by atoms with E-state index in [1.54, 1.807) is 6.07 Å². The van der Waals surface area contributed by atoms with Gasteiger partial charge in [-0.2, -0.15) is 0 Å². The minimum absolute atomic E-state index is 0.333. The van der Waals surface area contributed by atoms with Crippen molar-refractivity contribution in [3.8, 4) is 16.9 Å². The number of methoxy groups -OCH3 is 1. The second-order valence-electron chi connectivity index (χ2n) is 12.2. The third kappa shape index (κ3) is 5.00. The molecular weight excluding hydrogens is 511 g/mol. The van der Waals surface area contributed by atoms with E-state index in [1.165, 1.54) is 7.11 Å². The molecule has 0 radical (unpaired) electrons. The van der Waals surface area contributed by atoms with Crippen molar-refractivity contribution in [1.29, 1.82) is 0 Å². The Kier molecular flexibility index (Phi) is 7.70. The molecule has 2 aliphatic rings. The highest BCUT2D eigenvalue weighted by Crippen LogP contribution is 2.46. The average Bonchev–Trinajstić information content (AvgIpc) is 3.11. The molecule has 3 aromatic rings. The number of rotatable bonds is 7. The largest absolute Gasteiger partial charge is 0.490 e. The van der Waals surface area contributed by atoms with Crippen LogP contribution in [0.5, 0.6) is 5.75 Å². The summed E-state index contributed by atoms with van der Waals surface area (Å²) in [6, 6.07) is 1.56. The number of nitrogens with zero attached hydrogens (tertiary/aromatic N) is 2. The number of carbonyl (C=O) groups is 1. The Morgan fingerprint density at radius 2 is 1.93 bits per heavy atom. The van der Waals surface area contributed by atoms with E-state index in [0.29, 0.717) is 29.5 Å². The Labute approximate surface area is 236 Å². The molecule has 4 heterocycles. The number of benzene rings is 1. The first kappa shape index (κ1) is 28.6. The summed E-state index contributed by atoms with van der Waals surface area (Å²) in [5, 5.41) is 0.911. The fourth-order valence-corrected chi connectivity index (χ4v) is 6.04. The van der Waals surface area contributed by atoms with Gasteiger partial charge in [0.25, 0.3) is 0 Å². The van der Waals surface area contributed by atoms with E-state index >= 15 is 4.39 Å². The first-order valence-electron chi connectivity index (χ1n) is 14.2. The van der Waals surface area contributed by atoms with Gasteiger partial charge in [0.05, 0.1) is 32.5 Å². The summed E-state index contributed by atoms with van der Waals surface area (Å²) in [5.41, 5.74) is 6.93. The number of hydrogen-bond donors (Lipinski definition) is 0. The van der Waals surface area contributed by atoms with Crippen LogP contribution in [0.4, 0.5) is 4.39 Å². The van der Waals surface area contributed by atoms with E-state index in [4.69, 9.17) is 23.9 Å². The van der Waals surface area contributed by atoms with E-state index in [1.807, 2.05) is 34.6 Å². The summed E-state index contributed by atoms with van der Waals surface area (Å²) >= 11 is 0. The molecule has 216 valence electrons. The van der Waals surface area contributed by atoms with Gasteiger partial charge in [-0.15, -0.1) is 0 Å². The molecule has 0 saturated carbocycles. The van der Waals surface area contributed by atoms with Crippen LogP contribution in [-0.2, 0) is 32.0 Å². The number of carbonyl (C=O) groups excluding carboxylic acids is 1. The minimum atomic E-state index is -1.04. The van der Waals surface area contributed by atoms with Crippen LogP contribution in [0, 0.1) is 39.4 Å². The molecule has 5 rings (SSSR count). The van der Waals surface area contributed by atoms with Crippen molar-refractivity contribution < 1.29 is 28.1 Å². The SMILES string of the molecule is COC(=O)[C@@H](OC(C)(C)C)c1c(C)nc2c(c(C)c(C)n2CCC2COC2)c1-c1cc(F)c2c(c1C)CCCO2. The van der Waals surface area contributed by atoms with Gasteiger partial charge in [-0.1, -0.05) is 0 Å². The molecule has 2 aromatic heterocycles. The molecule has 0 unspecified atom stereocenters. The zero-order chi connectivity index (χ0) is 28.9. The monoisotopic (exact) mass is 552 g/mol. The van der Waals surface area contributed by atoms with Gasteiger partial charge in [-0.05, 0) is 90.5 Å². The average molecular weight is 553 g/mol. The Morgan fingerprint density at radius 1 is 1.20 bits per heavy atom. The van der Waals surface area contributed by atoms with Crippen LogP contribution < -0.4 is 4.74 Å². The Morgan fingerprint density at radius 3 is 2.55 bits per heavy atom. The smallest absolute Gasteiger partial charge is 0.339 e. The molecule has 0 spiro atoms. The fourth-order valence-electron chi connectivity index (χ4n) is 6.04. The Hall–Kier alpha value is -2.97. The molecule has 8 heteroatoms. The van der Waals surface area contributed by atoms with Crippen molar-refractivity contribution in [2.24, 2.45) is 5.92 Å². The summed E-state index contributed by atoms with van der Waals surface area (Å²) in [6.45, 7) is 16.7.